The Morgan fingerprint density at radius 2 is 1.86 bits per heavy atom. The van der Waals surface area contributed by atoms with E-state index in [4.69, 9.17) is 5.73 Å². The molecule has 2 saturated carbocycles. The Hall–Kier alpha value is -1.06. The molecule has 2 amide bonds. The van der Waals surface area contributed by atoms with Gasteiger partial charge in [-0.05, 0) is 37.5 Å². The molecule has 0 aromatic rings. The molecule has 2 fully saturated rings. The predicted molar refractivity (Wildman–Crippen MR) is 54.8 cm³/mol. The van der Waals surface area contributed by atoms with Crippen LogP contribution in [0.4, 0.5) is 4.79 Å². The van der Waals surface area contributed by atoms with Gasteiger partial charge in [-0.15, -0.1) is 0 Å². The van der Waals surface area contributed by atoms with Crippen LogP contribution in [0.5, 0.6) is 0 Å². The number of primary amides is 1. The van der Waals surface area contributed by atoms with Crippen LogP contribution in [0.25, 0.3) is 0 Å². The molecule has 2 rings (SSSR count). The van der Waals surface area contributed by atoms with Crippen LogP contribution in [0.15, 0.2) is 5.10 Å². The summed E-state index contributed by atoms with van der Waals surface area (Å²) in [5.41, 5.74) is 8.41. The Bertz CT molecular complexity index is 246. The van der Waals surface area contributed by atoms with Crippen molar-refractivity contribution in [3.63, 3.8) is 0 Å². The molecule has 2 aliphatic carbocycles. The first-order valence-corrected chi connectivity index (χ1v) is 5.36. The fraction of sp³-hybridized carbons (Fsp3) is 0.800. The van der Waals surface area contributed by atoms with E-state index in [-0.39, 0.29) is 0 Å². The number of hydrogen-bond donors (Lipinski definition) is 2. The van der Waals surface area contributed by atoms with Crippen molar-refractivity contribution >= 4 is 11.7 Å². The Kier molecular flexibility index (Phi) is 2.70. The molecule has 0 heterocycles. The number of carbonyl (C=O) groups excluding carboxylic acids is 1. The number of nitrogens with zero attached hydrogens (tertiary/aromatic N) is 1. The molecule has 0 bridgehead atoms. The number of hydrogen-bond acceptors (Lipinski definition) is 2. The molecule has 0 saturated heterocycles. The number of amides is 2. The van der Waals surface area contributed by atoms with E-state index in [1.54, 1.807) is 0 Å². The smallest absolute Gasteiger partial charge is 0.332 e. The van der Waals surface area contributed by atoms with Crippen LogP contribution in [0.1, 0.15) is 38.5 Å². The second-order valence-electron chi connectivity index (χ2n) is 4.37. The summed E-state index contributed by atoms with van der Waals surface area (Å²) in [4.78, 5) is 10.5. The van der Waals surface area contributed by atoms with Crippen molar-refractivity contribution in [2.24, 2.45) is 22.7 Å². The Morgan fingerprint density at radius 1 is 1.29 bits per heavy atom. The second kappa shape index (κ2) is 3.98. The summed E-state index contributed by atoms with van der Waals surface area (Å²) in [5, 5.41) is 4.04. The third-order valence-corrected chi connectivity index (χ3v) is 3.39. The largest absolute Gasteiger partial charge is 0.350 e. The van der Waals surface area contributed by atoms with Gasteiger partial charge in [0.2, 0.25) is 0 Å². The summed E-state index contributed by atoms with van der Waals surface area (Å²) in [7, 11) is 0. The van der Waals surface area contributed by atoms with Crippen molar-refractivity contribution in [2.75, 3.05) is 0 Å². The highest BCUT2D eigenvalue weighted by molar-refractivity contribution is 5.88. The number of hydrazone groups is 1. The predicted octanol–water partition coefficient (Wildman–Crippen LogP) is 1.61. The maximum Gasteiger partial charge on any atom is 0.332 e. The van der Waals surface area contributed by atoms with Gasteiger partial charge in [0.1, 0.15) is 0 Å². The van der Waals surface area contributed by atoms with E-state index < -0.39 is 6.03 Å². The van der Waals surface area contributed by atoms with Gasteiger partial charge in [0.05, 0.1) is 0 Å². The number of fused-ring (bicyclic) bond motifs is 1. The average molecular weight is 195 g/mol. The average Bonchev–Trinajstić information content (AvgIpc) is 2.57. The first-order valence-electron chi connectivity index (χ1n) is 5.36. The zero-order valence-electron chi connectivity index (χ0n) is 8.33. The Labute approximate surface area is 83.9 Å². The van der Waals surface area contributed by atoms with Crippen molar-refractivity contribution in [1.29, 1.82) is 0 Å². The van der Waals surface area contributed by atoms with Crippen molar-refractivity contribution < 1.29 is 4.79 Å². The van der Waals surface area contributed by atoms with Gasteiger partial charge in [-0.1, -0.05) is 12.8 Å². The number of carbonyl (C=O) groups is 1. The summed E-state index contributed by atoms with van der Waals surface area (Å²) in [6, 6.07) is -0.563. The lowest BCUT2D eigenvalue weighted by atomic mass is 9.82. The molecule has 0 aliphatic heterocycles. The highest BCUT2D eigenvalue weighted by Crippen LogP contribution is 2.40. The lowest BCUT2D eigenvalue weighted by Gasteiger charge is -2.23. The zero-order valence-corrected chi connectivity index (χ0v) is 8.33. The van der Waals surface area contributed by atoms with E-state index in [9.17, 15) is 4.79 Å². The Morgan fingerprint density at radius 3 is 2.36 bits per heavy atom. The van der Waals surface area contributed by atoms with E-state index >= 15 is 0 Å². The fourth-order valence-corrected chi connectivity index (χ4v) is 2.74. The number of nitrogens with two attached hydrogens (primary N) is 1. The normalized spacial score (nSPS) is 31.0. The van der Waals surface area contributed by atoms with E-state index in [2.05, 4.69) is 10.5 Å². The summed E-state index contributed by atoms with van der Waals surface area (Å²) >= 11 is 0. The molecule has 0 aromatic carbocycles. The maximum absolute atomic E-state index is 10.5. The molecular weight excluding hydrogens is 178 g/mol. The van der Waals surface area contributed by atoms with Gasteiger partial charge in [-0.25, -0.2) is 10.2 Å². The van der Waals surface area contributed by atoms with E-state index in [1.165, 1.54) is 25.7 Å². The quantitative estimate of drug-likeness (QED) is 0.613. The molecule has 0 unspecified atom stereocenters. The second-order valence-corrected chi connectivity index (χ2v) is 4.37. The number of rotatable bonds is 1. The summed E-state index contributed by atoms with van der Waals surface area (Å²) in [6.07, 6.45) is 7.51. The number of nitrogens with one attached hydrogen (secondary N) is 1. The van der Waals surface area contributed by atoms with Crippen LogP contribution >= 0.6 is 0 Å². The molecule has 78 valence electrons. The van der Waals surface area contributed by atoms with Crippen LogP contribution in [0, 0.1) is 11.8 Å². The first kappa shape index (κ1) is 9.49. The van der Waals surface area contributed by atoms with Gasteiger partial charge in [0, 0.05) is 5.71 Å². The summed E-state index contributed by atoms with van der Waals surface area (Å²) in [5.74, 6) is 1.63. The van der Waals surface area contributed by atoms with Crippen LogP contribution < -0.4 is 11.2 Å². The van der Waals surface area contributed by atoms with Crippen molar-refractivity contribution in [1.82, 2.24) is 5.43 Å². The third-order valence-electron chi connectivity index (χ3n) is 3.39. The highest BCUT2D eigenvalue weighted by Gasteiger charge is 2.33. The van der Waals surface area contributed by atoms with E-state index in [0.717, 1.165) is 30.4 Å². The summed E-state index contributed by atoms with van der Waals surface area (Å²) < 4.78 is 0. The van der Waals surface area contributed by atoms with Crippen LogP contribution in [0.2, 0.25) is 0 Å². The minimum Gasteiger partial charge on any atom is -0.350 e. The van der Waals surface area contributed by atoms with Crippen molar-refractivity contribution in [3.05, 3.63) is 0 Å². The molecule has 2 atom stereocenters. The Balaban J connectivity index is 1.92. The topological polar surface area (TPSA) is 67.5 Å². The minimum atomic E-state index is -0.563. The molecule has 4 heteroatoms. The molecule has 0 radical (unpaired) electrons. The van der Waals surface area contributed by atoms with Crippen LogP contribution in [0.3, 0.4) is 0 Å². The van der Waals surface area contributed by atoms with Gasteiger partial charge >= 0.3 is 6.03 Å². The van der Waals surface area contributed by atoms with Gasteiger partial charge in [-0.2, -0.15) is 5.10 Å². The standard InChI is InChI=1S/C10H17N3O/c11-10(14)13-12-9-5-7-3-1-2-4-8(7)6-9/h7-8H,1-6H2,(H3,11,13,14)/t7-,8-/m0/s1. The molecule has 3 N–H and O–H groups in total. The first-order chi connectivity index (χ1) is 6.75. The lowest BCUT2D eigenvalue weighted by Crippen LogP contribution is -2.25. The third kappa shape index (κ3) is 2.05. The molecule has 0 aromatic heterocycles. The van der Waals surface area contributed by atoms with Gasteiger partial charge < -0.3 is 5.73 Å². The minimum absolute atomic E-state index is 0.563. The van der Waals surface area contributed by atoms with Crippen molar-refractivity contribution in [2.45, 2.75) is 38.5 Å². The van der Waals surface area contributed by atoms with Crippen molar-refractivity contribution in [3.8, 4) is 0 Å². The van der Waals surface area contributed by atoms with Crippen LogP contribution in [-0.2, 0) is 0 Å². The molecule has 0 spiro atoms. The fourth-order valence-electron chi connectivity index (χ4n) is 2.74. The van der Waals surface area contributed by atoms with E-state index in [1.807, 2.05) is 0 Å². The molecule has 4 nitrogen and oxygen atoms in total. The van der Waals surface area contributed by atoms with Crippen LogP contribution in [-0.4, -0.2) is 11.7 Å². The zero-order chi connectivity index (χ0) is 9.97. The lowest BCUT2D eigenvalue weighted by molar-refractivity contribution is 0.249. The molecule has 2 aliphatic rings. The van der Waals surface area contributed by atoms with Gasteiger partial charge in [0.25, 0.3) is 0 Å². The monoisotopic (exact) mass is 195 g/mol. The van der Waals surface area contributed by atoms with Gasteiger partial charge in [0.15, 0.2) is 0 Å². The summed E-state index contributed by atoms with van der Waals surface area (Å²) in [6.45, 7) is 0. The maximum atomic E-state index is 10.5. The van der Waals surface area contributed by atoms with Gasteiger partial charge in [-0.3, -0.25) is 0 Å². The number of urea groups is 1. The molecule has 14 heavy (non-hydrogen) atoms. The molecular formula is C10H17N3O. The SMILES string of the molecule is NC(=O)NN=C1C[C@@H]2CCCC[C@H]2C1. The highest BCUT2D eigenvalue weighted by atomic mass is 16.2. The van der Waals surface area contributed by atoms with E-state index in [0.29, 0.717) is 0 Å².